The van der Waals surface area contributed by atoms with E-state index in [1.807, 2.05) is 0 Å². The van der Waals surface area contributed by atoms with Crippen molar-refractivity contribution in [1.29, 1.82) is 0 Å². The summed E-state index contributed by atoms with van der Waals surface area (Å²) in [6.45, 7) is 3.85. The van der Waals surface area contributed by atoms with Crippen LogP contribution in [0, 0.1) is 0 Å². The number of phosphoric acid groups is 1. The van der Waals surface area contributed by atoms with E-state index in [1.165, 1.54) is 398 Å². The minimum Gasteiger partial charge on any atom is -0.462 e. The van der Waals surface area contributed by atoms with Crippen LogP contribution < -0.4 is 5.73 Å². The number of hydrogen-bond donors (Lipinski definition) is 2. The van der Waals surface area contributed by atoms with Crippen LogP contribution in [0.4, 0.5) is 0 Å². The molecule has 10 heteroatoms. The fourth-order valence-corrected chi connectivity index (χ4v) is 13.8. The molecule has 9 nitrogen and oxygen atoms in total. The third-order valence-electron chi connectivity index (χ3n) is 19.2. The molecule has 0 aromatic rings. The summed E-state index contributed by atoms with van der Waals surface area (Å²) in [5.41, 5.74) is 5.42. The number of hydrogen-bond acceptors (Lipinski definition) is 8. The fraction of sp³-hybridized carbons (Fsp3) is 0.951. The number of nitrogens with two attached hydrogens (primary N) is 1. The number of carbonyl (C=O) groups is 2. The van der Waals surface area contributed by atoms with Gasteiger partial charge in [-0.15, -0.1) is 0 Å². The van der Waals surface area contributed by atoms with Crippen molar-refractivity contribution in [3.8, 4) is 0 Å². The smallest absolute Gasteiger partial charge is 0.462 e. The Hall–Kier alpha value is -1.25. The van der Waals surface area contributed by atoms with Crippen molar-refractivity contribution in [1.82, 2.24) is 0 Å². The highest BCUT2D eigenvalue weighted by molar-refractivity contribution is 7.47. The zero-order valence-corrected chi connectivity index (χ0v) is 62.3. The molecule has 3 N–H and O–H groups in total. The summed E-state index contributed by atoms with van der Waals surface area (Å²) in [5.74, 6) is -0.797. The summed E-state index contributed by atoms with van der Waals surface area (Å²) in [5, 5.41) is 0. The molecule has 0 rings (SSSR count). The lowest BCUT2D eigenvalue weighted by Crippen LogP contribution is -2.29. The van der Waals surface area contributed by atoms with Crippen molar-refractivity contribution in [2.75, 3.05) is 26.4 Å². The number of ether oxygens (including phenoxy) is 2. The Morgan fingerprint density at radius 3 is 0.780 bits per heavy atom. The Bertz CT molecular complexity index is 1500. The molecule has 0 aliphatic carbocycles. The maximum Gasteiger partial charge on any atom is 0.472 e. The highest BCUT2D eigenvalue weighted by Gasteiger charge is 2.26. The molecule has 0 heterocycles. The number of rotatable bonds is 80. The molecule has 0 aromatic carbocycles. The Balaban J connectivity index is 3.70. The highest BCUT2D eigenvalue weighted by Crippen LogP contribution is 2.43. The fourth-order valence-electron chi connectivity index (χ4n) is 13.1. The number of allylic oxidation sites excluding steroid dienone is 2. The summed E-state index contributed by atoms with van der Waals surface area (Å²) in [7, 11) is -4.39. The van der Waals surface area contributed by atoms with Gasteiger partial charge in [0.2, 0.25) is 0 Å². The predicted octanol–water partition coefficient (Wildman–Crippen LogP) is 27.4. The van der Waals surface area contributed by atoms with Crippen molar-refractivity contribution in [2.45, 2.75) is 469 Å². The minimum atomic E-state index is -4.39. The first-order valence-electron chi connectivity index (χ1n) is 41.2. The van der Waals surface area contributed by atoms with Gasteiger partial charge in [0.05, 0.1) is 13.2 Å². The molecule has 0 aliphatic heterocycles. The monoisotopic (exact) mass is 1310 g/mol. The average Bonchev–Trinajstić information content (AvgIpc) is 3.68. The van der Waals surface area contributed by atoms with Gasteiger partial charge in [-0.1, -0.05) is 424 Å². The molecule has 0 amide bonds. The van der Waals surface area contributed by atoms with Crippen molar-refractivity contribution in [2.24, 2.45) is 5.73 Å². The SMILES string of the molecule is CCCCCCCCCC/C=C\CCCCCCCCCCCCCCCCCCCC(=O)OC(COC(=O)CCCCCCCCCCCCCCCCCCCCCCCCCCCCCCCCCCCCCCCCCCC)COP(=O)(O)OCCN. The molecule has 0 saturated carbocycles. The van der Waals surface area contributed by atoms with E-state index in [0.717, 1.165) is 32.1 Å². The van der Waals surface area contributed by atoms with E-state index in [4.69, 9.17) is 24.3 Å². The first-order valence-corrected chi connectivity index (χ1v) is 42.7. The van der Waals surface area contributed by atoms with Gasteiger partial charge in [-0.2, -0.15) is 0 Å². The Morgan fingerprint density at radius 2 is 0.538 bits per heavy atom. The molecule has 0 bridgehead atoms. The molecule has 0 aliphatic rings. The maximum atomic E-state index is 12.8. The molecule has 2 unspecified atom stereocenters. The van der Waals surface area contributed by atoms with Crippen LogP contribution in [-0.4, -0.2) is 49.3 Å². The molecule has 0 radical (unpaired) electrons. The highest BCUT2D eigenvalue weighted by atomic mass is 31.2. The Labute approximate surface area is 568 Å². The zero-order chi connectivity index (χ0) is 65.8. The van der Waals surface area contributed by atoms with Crippen LogP contribution in [0.1, 0.15) is 463 Å². The summed E-state index contributed by atoms with van der Waals surface area (Å²) in [6, 6.07) is 0. The van der Waals surface area contributed by atoms with Gasteiger partial charge in [-0.3, -0.25) is 18.6 Å². The van der Waals surface area contributed by atoms with Crippen molar-refractivity contribution < 1.29 is 37.6 Å². The van der Waals surface area contributed by atoms with Gasteiger partial charge in [-0.05, 0) is 38.5 Å². The second kappa shape index (κ2) is 77.8. The van der Waals surface area contributed by atoms with Crippen LogP contribution in [-0.2, 0) is 32.7 Å². The third kappa shape index (κ3) is 77.6. The van der Waals surface area contributed by atoms with Gasteiger partial charge in [0.25, 0.3) is 0 Å². The summed E-state index contributed by atoms with van der Waals surface area (Å²) in [6.07, 6.45) is 96.7. The first kappa shape index (κ1) is 89.8. The molecular weight excluding hydrogens is 1150 g/mol. The maximum absolute atomic E-state index is 12.8. The van der Waals surface area contributed by atoms with E-state index in [9.17, 15) is 19.0 Å². The molecule has 0 fully saturated rings. The lowest BCUT2D eigenvalue weighted by Gasteiger charge is -2.19. The number of phosphoric ester groups is 1. The Kier molecular flexibility index (Phi) is 76.7. The Morgan fingerprint density at radius 1 is 0.319 bits per heavy atom. The van der Waals surface area contributed by atoms with E-state index in [2.05, 4.69) is 26.0 Å². The zero-order valence-electron chi connectivity index (χ0n) is 61.4. The third-order valence-corrected chi connectivity index (χ3v) is 20.1. The van der Waals surface area contributed by atoms with Crippen LogP contribution in [0.25, 0.3) is 0 Å². The average molecular weight is 1310 g/mol. The molecule has 0 spiro atoms. The topological polar surface area (TPSA) is 134 Å². The van der Waals surface area contributed by atoms with E-state index in [-0.39, 0.29) is 38.6 Å². The van der Waals surface area contributed by atoms with Crippen LogP contribution in [0.2, 0.25) is 0 Å². The minimum absolute atomic E-state index is 0.0578. The van der Waals surface area contributed by atoms with E-state index >= 15 is 0 Å². The summed E-state index contributed by atoms with van der Waals surface area (Å²) in [4.78, 5) is 35.5. The summed E-state index contributed by atoms with van der Waals surface area (Å²) < 4.78 is 33.3. The van der Waals surface area contributed by atoms with Gasteiger partial charge in [-0.25, -0.2) is 4.57 Å². The lowest BCUT2D eigenvalue weighted by atomic mass is 10.0. The van der Waals surface area contributed by atoms with Gasteiger partial charge in [0.1, 0.15) is 6.61 Å². The van der Waals surface area contributed by atoms with Crippen molar-refractivity contribution in [3.63, 3.8) is 0 Å². The standard InChI is InChI=1S/C81H160NO8P/c1-3-5-7-9-11-13-15-17-19-21-23-25-27-29-31-33-34-35-36-37-38-39-40-41-42-43-44-46-47-49-51-53-55-57-59-61-63-65-67-69-71-73-80(83)87-77-79(78-89-91(85,86)88-76-75-82)90-81(84)74-72-70-68-66-64-62-60-58-56-54-52-50-48-45-32-30-28-26-24-22-20-18-16-14-12-10-8-6-4-2/h22,24,79H,3-21,23,25-78,82H2,1-2H3,(H,85,86)/b24-22-. The molecule has 91 heavy (non-hydrogen) atoms. The van der Waals surface area contributed by atoms with Crippen LogP contribution in [0.3, 0.4) is 0 Å². The molecule has 542 valence electrons. The largest absolute Gasteiger partial charge is 0.472 e. The lowest BCUT2D eigenvalue weighted by molar-refractivity contribution is -0.161. The van der Waals surface area contributed by atoms with Gasteiger partial charge in [0.15, 0.2) is 6.10 Å². The molecular formula is C81H160NO8P. The summed E-state index contributed by atoms with van der Waals surface area (Å²) >= 11 is 0. The molecule has 0 aromatic heterocycles. The van der Waals surface area contributed by atoms with E-state index < -0.39 is 26.5 Å². The van der Waals surface area contributed by atoms with Crippen LogP contribution >= 0.6 is 7.82 Å². The van der Waals surface area contributed by atoms with E-state index in [1.54, 1.807) is 0 Å². The number of esters is 2. The number of carbonyl (C=O) groups excluding carboxylic acids is 2. The van der Waals surface area contributed by atoms with E-state index in [0.29, 0.717) is 6.42 Å². The van der Waals surface area contributed by atoms with Gasteiger partial charge in [0, 0.05) is 19.4 Å². The van der Waals surface area contributed by atoms with Gasteiger partial charge >= 0.3 is 19.8 Å². The number of unbranched alkanes of at least 4 members (excludes halogenated alkanes) is 65. The van der Waals surface area contributed by atoms with Crippen molar-refractivity contribution >= 4 is 19.8 Å². The quantitative estimate of drug-likeness (QED) is 0.0264. The molecule has 2 atom stereocenters. The van der Waals surface area contributed by atoms with Gasteiger partial charge < -0.3 is 20.1 Å². The second-order valence-corrected chi connectivity index (χ2v) is 29.8. The normalized spacial score (nSPS) is 12.8. The van der Waals surface area contributed by atoms with Crippen LogP contribution in [0.5, 0.6) is 0 Å². The van der Waals surface area contributed by atoms with Crippen molar-refractivity contribution in [3.05, 3.63) is 12.2 Å². The van der Waals surface area contributed by atoms with Crippen LogP contribution in [0.15, 0.2) is 12.2 Å². The predicted molar refractivity (Wildman–Crippen MR) is 395 cm³/mol. The first-order chi connectivity index (χ1) is 44.8. The second-order valence-electron chi connectivity index (χ2n) is 28.4. The molecule has 0 saturated heterocycles.